The Bertz CT molecular complexity index is 537. The Hall–Kier alpha value is -1.79. The zero-order valence-corrected chi connectivity index (χ0v) is 10.4. The van der Waals surface area contributed by atoms with Crippen LogP contribution in [0.5, 0.6) is 0 Å². The highest BCUT2D eigenvalue weighted by Gasteiger charge is 2.18. The molecule has 0 bridgehead atoms. The predicted octanol–water partition coefficient (Wildman–Crippen LogP) is 1.07. The van der Waals surface area contributed by atoms with Crippen molar-refractivity contribution < 1.29 is 4.39 Å². The second kappa shape index (κ2) is 5.24. The van der Waals surface area contributed by atoms with Crippen LogP contribution >= 0.6 is 0 Å². The molecule has 0 aliphatic carbocycles. The minimum Gasteiger partial charge on any atom is -0.271 e. The third kappa shape index (κ3) is 2.39. The molecule has 1 unspecified atom stereocenters. The summed E-state index contributed by atoms with van der Waals surface area (Å²) in [6.07, 6.45) is 3.59. The molecule has 2 aromatic heterocycles. The van der Waals surface area contributed by atoms with Gasteiger partial charge in [0.25, 0.3) is 0 Å². The summed E-state index contributed by atoms with van der Waals surface area (Å²) < 4.78 is 14.9. The SMILES string of the molecule is CCc1cc(C(NN)c2cncc(F)c2)n(C)n1. The predicted molar refractivity (Wildman–Crippen MR) is 65.9 cm³/mol. The number of aryl methyl sites for hydroxylation is 2. The van der Waals surface area contributed by atoms with Gasteiger partial charge in [0, 0.05) is 13.2 Å². The highest BCUT2D eigenvalue weighted by Crippen LogP contribution is 2.21. The van der Waals surface area contributed by atoms with Crippen molar-refractivity contribution in [2.24, 2.45) is 12.9 Å². The van der Waals surface area contributed by atoms with Gasteiger partial charge >= 0.3 is 0 Å². The second-order valence-electron chi connectivity index (χ2n) is 4.07. The molecule has 2 aromatic rings. The fraction of sp³-hybridized carbons (Fsp3) is 0.333. The molecule has 0 fully saturated rings. The minimum atomic E-state index is -0.384. The monoisotopic (exact) mass is 249 g/mol. The van der Waals surface area contributed by atoms with E-state index >= 15 is 0 Å². The van der Waals surface area contributed by atoms with Gasteiger partial charge in [0.1, 0.15) is 5.82 Å². The van der Waals surface area contributed by atoms with Crippen LogP contribution in [0, 0.1) is 5.82 Å². The van der Waals surface area contributed by atoms with Crippen molar-refractivity contribution in [1.29, 1.82) is 0 Å². The number of nitrogens with one attached hydrogen (secondary N) is 1. The number of hydrogen-bond donors (Lipinski definition) is 2. The van der Waals surface area contributed by atoms with Gasteiger partial charge in [0.2, 0.25) is 0 Å². The number of nitrogens with zero attached hydrogens (tertiary/aromatic N) is 3. The van der Waals surface area contributed by atoms with E-state index in [-0.39, 0.29) is 11.9 Å². The Balaban J connectivity index is 2.41. The lowest BCUT2D eigenvalue weighted by Crippen LogP contribution is -2.30. The zero-order valence-electron chi connectivity index (χ0n) is 10.4. The Labute approximate surface area is 105 Å². The molecular weight excluding hydrogens is 233 g/mol. The van der Waals surface area contributed by atoms with Gasteiger partial charge in [0.05, 0.1) is 23.6 Å². The molecule has 96 valence electrons. The molecule has 2 heterocycles. The Morgan fingerprint density at radius 2 is 2.22 bits per heavy atom. The minimum absolute atomic E-state index is 0.328. The first-order valence-electron chi connectivity index (χ1n) is 5.75. The Morgan fingerprint density at radius 1 is 1.44 bits per heavy atom. The number of nitrogens with two attached hydrogens (primary N) is 1. The summed E-state index contributed by atoms with van der Waals surface area (Å²) in [7, 11) is 1.84. The van der Waals surface area contributed by atoms with Gasteiger partial charge in [-0.3, -0.25) is 15.5 Å². The van der Waals surface area contributed by atoms with Crippen molar-refractivity contribution in [2.45, 2.75) is 19.4 Å². The van der Waals surface area contributed by atoms with Gasteiger partial charge in [-0.15, -0.1) is 0 Å². The summed E-state index contributed by atoms with van der Waals surface area (Å²) in [5, 5.41) is 4.35. The van der Waals surface area contributed by atoms with E-state index in [1.165, 1.54) is 6.07 Å². The molecular formula is C12H16FN5. The van der Waals surface area contributed by atoms with Crippen molar-refractivity contribution in [3.63, 3.8) is 0 Å². The van der Waals surface area contributed by atoms with E-state index in [2.05, 4.69) is 15.5 Å². The van der Waals surface area contributed by atoms with E-state index in [9.17, 15) is 4.39 Å². The molecule has 0 amide bonds. The van der Waals surface area contributed by atoms with Crippen LogP contribution in [0.15, 0.2) is 24.5 Å². The summed E-state index contributed by atoms with van der Waals surface area (Å²) in [5.41, 5.74) is 5.19. The lowest BCUT2D eigenvalue weighted by atomic mass is 10.1. The van der Waals surface area contributed by atoms with Crippen molar-refractivity contribution in [3.05, 3.63) is 47.3 Å². The molecule has 0 aliphatic rings. The first-order chi connectivity index (χ1) is 8.65. The van der Waals surface area contributed by atoms with E-state index in [1.54, 1.807) is 10.9 Å². The summed E-state index contributed by atoms with van der Waals surface area (Å²) in [6, 6.07) is 3.04. The highest BCUT2D eigenvalue weighted by molar-refractivity contribution is 5.27. The summed E-state index contributed by atoms with van der Waals surface area (Å²) in [4.78, 5) is 3.83. The molecule has 0 aliphatic heterocycles. The lowest BCUT2D eigenvalue weighted by molar-refractivity contribution is 0.562. The summed E-state index contributed by atoms with van der Waals surface area (Å²) in [5.74, 6) is 5.18. The van der Waals surface area contributed by atoms with Crippen LogP contribution in [0.1, 0.15) is 29.9 Å². The van der Waals surface area contributed by atoms with Crippen LogP contribution in [0.25, 0.3) is 0 Å². The summed E-state index contributed by atoms with van der Waals surface area (Å²) >= 11 is 0. The molecule has 0 radical (unpaired) electrons. The topological polar surface area (TPSA) is 68.8 Å². The van der Waals surface area contributed by atoms with Gasteiger partial charge in [-0.2, -0.15) is 5.10 Å². The molecule has 0 spiro atoms. The van der Waals surface area contributed by atoms with Crippen LogP contribution in [0.4, 0.5) is 4.39 Å². The Kier molecular flexibility index (Phi) is 3.69. The quantitative estimate of drug-likeness (QED) is 0.628. The van der Waals surface area contributed by atoms with Gasteiger partial charge in [-0.1, -0.05) is 6.92 Å². The molecule has 0 saturated heterocycles. The largest absolute Gasteiger partial charge is 0.271 e. The number of hydrogen-bond acceptors (Lipinski definition) is 4. The number of pyridine rings is 1. The fourth-order valence-corrected chi connectivity index (χ4v) is 1.92. The normalized spacial score (nSPS) is 12.7. The highest BCUT2D eigenvalue weighted by atomic mass is 19.1. The molecule has 2 rings (SSSR count). The maximum atomic E-state index is 13.2. The standard InChI is InChI=1S/C12H16FN5/c1-3-10-5-11(18(2)17-10)12(16-14)8-4-9(13)7-15-6-8/h4-7,12,16H,3,14H2,1-2H3. The van der Waals surface area contributed by atoms with Crippen LogP contribution in [0.2, 0.25) is 0 Å². The molecule has 0 saturated carbocycles. The van der Waals surface area contributed by atoms with Crippen molar-refractivity contribution in [3.8, 4) is 0 Å². The second-order valence-corrected chi connectivity index (χ2v) is 4.07. The molecule has 0 aromatic carbocycles. The number of rotatable bonds is 4. The van der Waals surface area contributed by atoms with E-state index in [1.807, 2.05) is 20.0 Å². The van der Waals surface area contributed by atoms with Crippen molar-refractivity contribution in [1.82, 2.24) is 20.2 Å². The van der Waals surface area contributed by atoms with Gasteiger partial charge in [-0.25, -0.2) is 9.82 Å². The molecule has 6 heteroatoms. The zero-order chi connectivity index (χ0) is 13.1. The molecule has 3 N–H and O–H groups in total. The Morgan fingerprint density at radius 3 is 2.78 bits per heavy atom. The lowest BCUT2D eigenvalue weighted by Gasteiger charge is -2.16. The van der Waals surface area contributed by atoms with Crippen LogP contribution in [0.3, 0.4) is 0 Å². The van der Waals surface area contributed by atoms with Crippen molar-refractivity contribution in [2.75, 3.05) is 0 Å². The van der Waals surface area contributed by atoms with Crippen LogP contribution in [-0.2, 0) is 13.5 Å². The van der Waals surface area contributed by atoms with Gasteiger partial charge in [0.15, 0.2) is 0 Å². The number of hydrazine groups is 1. The third-order valence-corrected chi connectivity index (χ3v) is 2.85. The summed E-state index contributed by atoms with van der Waals surface area (Å²) in [6.45, 7) is 2.03. The number of halogens is 1. The molecule has 5 nitrogen and oxygen atoms in total. The molecule has 18 heavy (non-hydrogen) atoms. The maximum absolute atomic E-state index is 13.2. The van der Waals surface area contributed by atoms with E-state index in [4.69, 9.17) is 5.84 Å². The van der Waals surface area contributed by atoms with E-state index in [0.717, 1.165) is 24.0 Å². The van der Waals surface area contributed by atoms with Gasteiger partial charge < -0.3 is 0 Å². The van der Waals surface area contributed by atoms with E-state index < -0.39 is 0 Å². The van der Waals surface area contributed by atoms with Crippen LogP contribution < -0.4 is 11.3 Å². The smallest absolute Gasteiger partial charge is 0.141 e. The third-order valence-electron chi connectivity index (χ3n) is 2.85. The van der Waals surface area contributed by atoms with Crippen molar-refractivity contribution >= 4 is 0 Å². The molecule has 1 atom stereocenters. The maximum Gasteiger partial charge on any atom is 0.141 e. The average Bonchev–Trinajstić information content (AvgIpc) is 2.72. The average molecular weight is 249 g/mol. The number of aromatic nitrogens is 3. The van der Waals surface area contributed by atoms with Crippen LogP contribution in [-0.4, -0.2) is 14.8 Å². The first-order valence-corrected chi connectivity index (χ1v) is 5.75. The van der Waals surface area contributed by atoms with E-state index in [0.29, 0.717) is 5.56 Å². The fourth-order valence-electron chi connectivity index (χ4n) is 1.92. The first kappa shape index (κ1) is 12.7. The van der Waals surface area contributed by atoms with Gasteiger partial charge in [-0.05, 0) is 24.1 Å².